The molecule has 0 aliphatic carbocycles. The van der Waals surface area contributed by atoms with Crippen molar-refractivity contribution in [3.63, 3.8) is 0 Å². The monoisotopic (exact) mass is 358 g/mol. The van der Waals surface area contributed by atoms with Gasteiger partial charge in [-0.3, -0.25) is 4.79 Å². The summed E-state index contributed by atoms with van der Waals surface area (Å²) >= 11 is 6.70. The Kier molecular flexibility index (Phi) is 4.02. The van der Waals surface area contributed by atoms with Crippen LogP contribution in [0.2, 0.25) is 0 Å². The van der Waals surface area contributed by atoms with Crippen molar-refractivity contribution in [3.8, 4) is 5.75 Å². The molecule has 0 radical (unpaired) electrons. The Balaban J connectivity index is 2.01. The minimum absolute atomic E-state index is 0.0479. The first kappa shape index (κ1) is 12.4. The van der Waals surface area contributed by atoms with Crippen LogP contribution in [0.15, 0.2) is 50.0 Å². The van der Waals surface area contributed by atoms with Crippen LogP contribution in [0.5, 0.6) is 5.75 Å². The van der Waals surface area contributed by atoms with Crippen molar-refractivity contribution in [1.82, 2.24) is 0 Å². The molecule has 0 fully saturated rings. The molecule has 2 aromatic rings. The van der Waals surface area contributed by atoms with Crippen LogP contribution in [0.25, 0.3) is 0 Å². The SMILES string of the molecule is O=C(COc1ccc(Br)cc1Br)c1ccco1. The number of Topliss-reactive ketones (excluding diaryl/α,β-unsaturated/α-hetero) is 1. The highest BCUT2D eigenvalue weighted by Gasteiger charge is 2.10. The Morgan fingerprint density at radius 1 is 1.29 bits per heavy atom. The molecule has 0 aliphatic heterocycles. The number of rotatable bonds is 4. The molecule has 0 aliphatic rings. The van der Waals surface area contributed by atoms with Gasteiger partial charge in [-0.25, -0.2) is 0 Å². The molecule has 0 spiro atoms. The van der Waals surface area contributed by atoms with Crippen molar-refractivity contribution in [3.05, 3.63) is 51.3 Å². The summed E-state index contributed by atoms with van der Waals surface area (Å²) in [5.41, 5.74) is 0. The second kappa shape index (κ2) is 5.51. The average molecular weight is 360 g/mol. The Labute approximate surface area is 115 Å². The number of benzene rings is 1. The van der Waals surface area contributed by atoms with Gasteiger partial charge in [-0.15, -0.1) is 0 Å². The summed E-state index contributed by atoms with van der Waals surface area (Å²) in [5, 5.41) is 0. The van der Waals surface area contributed by atoms with Gasteiger partial charge in [0, 0.05) is 4.47 Å². The van der Waals surface area contributed by atoms with E-state index in [0.717, 1.165) is 8.95 Å². The minimum atomic E-state index is -0.190. The van der Waals surface area contributed by atoms with Crippen LogP contribution in [-0.2, 0) is 0 Å². The number of carbonyl (C=O) groups excluding carboxylic acids is 1. The van der Waals surface area contributed by atoms with E-state index in [1.54, 1.807) is 18.2 Å². The molecule has 1 heterocycles. The van der Waals surface area contributed by atoms with Gasteiger partial charge in [0.15, 0.2) is 12.4 Å². The molecule has 1 aromatic carbocycles. The van der Waals surface area contributed by atoms with Crippen molar-refractivity contribution in [2.45, 2.75) is 0 Å². The Morgan fingerprint density at radius 3 is 2.76 bits per heavy atom. The van der Waals surface area contributed by atoms with E-state index in [1.807, 2.05) is 12.1 Å². The lowest BCUT2D eigenvalue weighted by Crippen LogP contribution is -2.10. The van der Waals surface area contributed by atoms with Gasteiger partial charge in [0.2, 0.25) is 5.78 Å². The maximum absolute atomic E-state index is 11.6. The van der Waals surface area contributed by atoms with Crippen LogP contribution < -0.4 is 4.74 Å². The first-order chi connectivity index (χ1) is 8.16. The number of furan rings is 1. The van der Waals surface area contributed by atoms with Gasteiger partial charge in [-0.2, -0.15) is 0 Å². The van der Waals surface area contributed by atoms with Gasteiger partial charge in [0.25, 0.3) is 0 Å². The molecule has 88 valence electrons. The normalized spacial score (nSPS) is 10.2. The standard InChI is InChI=1S/C12H8Br2O3/c13-8-3-4-11(9(14)6-8)17-7-10(15)12-2-1-5-16-12/h1-6H,7H2. The van der Waals surface area contributed by atoms with Crippen LogP contribution in [-0.4, -0.2) is 12.4 Å². The third-order valence-electron chi connectivity index (χ3n) is 2.05. The lowest BCUT2D eigenvalue weighted by atomic mass is 10.3. The molecule has 3 nitrogen and oxygen atoms in total. The highest BCUT2D eigenvalue weighted by Crippen LogP contribution is 2.28. The molecular formula is C12H8Br2O3. The molecule has 0 saturated carbocycles. The largest absolute Gasteiger partial charge is 0.484 e. The molecule has 5 heteroatoms. The van der Waals surface area contributed by atoms with E-state index in [-0.39, 0.29) is 12.4 Å². The van der Waals surface area contributed by atoms with E-state index >= 15 is 0 Å². The van der Waals surface area contributed by atoms with Crippen LogP contribution >= 0.6 is 31.9 Å². The smallest absolute Gasteiger partial charge is 0.235 e. The first-order valence-corrected chi connectivity index (χ1v) is 6.40. The number of ketones is 1. The molecule has 0 unspecified atom stereocenters. The molecule has 2 rings (SSSR count). The molecule has 0 N–H and O–H groups in total. The maximum atomic E-state index is 11.6. The highest BCUT2D eigenvalue weighted by atomic mass is 79.9. The third-order valence-corrected chi connectivity index (χ3v) is 3.16. The van der Waals surface area contributed by atoms with Gasteiger partial charge < -0.3 is 9.15 Å². The van der Waals surface area contributed by atoms with Crippen LogP contribution in [0.3, 0.4) is 0 Å². The van der Waals surface area contributed by atoms with Crippen LogP contribution in [0.1, 0.15) is 10.6 Å². The van der Waals surface area contributed by atoms with E-state index in [0.29, 0.717) is 11.5 Å². The summed E-state index contributed by atoms with van der Waals surface area (Å²) in [6.07, 6.45) is 1.46. The zero-order valence-electron chi connectivity index (χ0n) is 8.65. The van der Waals surface area contributed by atoms with E-state index < -0.39 is 0 Å². The quantitative estimate of drug-likeness (QED) is 0.772. The Bertz CT molecular complexity index is 521. The fourth-order valence-electron chi connectivity index (χ4n) is 1.24. The molecular weight excluding hydrogens is 352 g/mol. The molecule has 1 aromatic heterocycles. The molecule has 0 amide bonds. The summed E-state index contributed by atoms with van der Waals surface area (Å²) in [7, 11) is 0. The second-order valence-electron chi connectivity index (χ2n) is 3.26. The Morgan fingerprint density at radius 2 is 2.12 bits per heavy atom. The van der Waals surface area contributed by atoms with E-state index in [4.69, 9.17) is 9.15 Å². The van der Waals surface area contributed by atoms with Gasteiger partial charge in [-0.1, -0.05) is 15.9 Å². The summed E-state index contributed by atoms with van der Waals surface area (Å²) < 4.78 is 12.1. The minimum Gasteiger partial charge on any atom is -0.484 e. The first-order valence-electron chi connectivity index (χ1n) is 4.81. The van der Waals surface area contributed by atoms with Crippen LogP contribution in [0.4, 0.5) is 0 Å². The van der Waals surface area contributed by atoms with E-state index in [9.17, 15) is 4.79 Å². The van der Waals surface area contributed by atoms with E-state index in [2.05, 4.69) is 31.9 Å². The third kappa shape index (κ3) is 3.20. The molecule has 0 saturated heterocycles. The maximum Gasteiger partial charge on any atom is 0.235 e. The number of carbonyl (C=O) groups is 1. The number of halogens is 2. The predicted molar refractivity (Wildman–Crippen MR) is 70.4 cm³/mol. The second-order valence-corrected chi connectivity index (χ2v) is 5.03. The fraction of sp³-hybridized carbons (Fsp3) is 0.0833. The van der Waals surface area contributed by atoms with Gasteiger partial charge in [0.1, 0.15) is 5.75 Å². The fourth-order valence-corrected chi connectivity index (χ4v) is 2.41. The zero-order chi connectivity index (χ0) is 12.3. The van der Waals surface area contributed by atoms with E-state index in [1.165, 1.54) is 6.26 Å². The molecule has 0 atom stereocenters. The van der Waals surface area contributed by atoms with Crippen molar-refractivity contribution in [2.75, 3.05) is 6.61 Å². The summed E-state index contributed by atoms with van der Waals surface area (Å²) in [6.45, 7) is -0.0479. The van der Waals surface area contributed by atoms with Gasteiger partial charge >= 0.3 is 0 Å². The van der Waals surface area contributed by atoms with Crippen molar-refractivity contribution < 1.29 is 13.9 Å². The predicted octanol–water partition coefficient (Wildman–Crippen LogP) is 4.07. The zero-order valence-corrected chi connectivity index (χ0v) is 11.8. The van der Waals surface area contributed by atoms with Gasteiger partial charge in [0.05, 0.1) is 10.7 Å². The summed E-state index contributed by atoms with van der Waals surface area (Å²) in [5.74, 6) is 0.733. The Hall–Kier alpha value is -1.07. The van der Waals surface area contributed by atoms with Crippen molar-refractivity contribution in [1.29, 1.82) is 0 Å². The molecule has 0 bridgehead atoms. The summed E-state index contributed by atoms with van der Waals surface area (Å²) in [4.78, 5) is 11.6. The summed E-state index contributed by atoms with van der Waals surface area (Å²) in [6, 6.07) is 8.76. The molecule has 17 heavy (non-hydrogen) atoms. The average Bonchev–Trinajstić information content (AvgIpc) is 2.81. The van der Waals surface area contributed by atoms with Crippen molar-refractivity contribution in [2.24, 2.45) is 0 Å². The number of hydrogen-bond donors (Lipinski definition) is 0. The lowest BCUT2D eigenvalue weighted by Gasteiger charge is -2.06. The highest BCUT2D eigenvalue weighted by molar-refractivity contribution is 9.11. The topological polar surface area (TPSA) is 39.4 Å². The van der Waals surface area contributed by atoms with Crippen molar-refractivity contribution >= 4 is 37.6 Å². The number of ether oxygens (including phenoxy) is 1. The van der Waals surface area contributed by atoms with Crippen LogP contribution in [0, 0.1) is 0 Å². The van der Waals surface area contributed by atoms with Gasteiger partial charge in [-0.05, 0) is 46.3 Å². The number of hydrogen-bond acceptors (Lipinski definition) is 3. The lowest BCUT2D eigenvalue weighted by molar-refractivity contribution is 0.0893.